The lowest BCUT2D eigenvalue weighted by Crippen LogP contribution is -2.15. The number of hydrogen-bond acceptors (Lipinski definition) is 3. The summed E-state index contributed by atoms with van der Waals surface area (Å²) in [5.41, 5.74) is 0. The van der Waals surface area contributed by atoms with E-state index in [9.17, 15) is 0 Å². The molecule has 0 aromatic carbocycles. The van der Waals surface area contributed by atoms with E-state index >= 15 is 0 Å². The van der Waals surface area contributed by atoms with Gasteiger partial charge in [0.2, 0.25) is 0 Å². The summed E-state index contributed by atoms with van der Waals surface area (Å²) < 4.78 is 2.06. The Kier molecular flexibility index (Phi) is 4.85. The molecule has 16 heavy (non-hydrogen) atoms. The average Bonchev–Trinajstić information content (AvgIpc) is 2.83. The smallest absolute Gasteiger partial charge is 0.0931 e. The molecule has 0 saturated carbocycles. The van der Waals surface area contributed by atoms with Gasteiger partial charge in [-0.2, -0.15) is 0 Å². The molecule has 0 amide bonds. The molecule has 0 bridgehead atoms. The predicted octanol–water partition coefficient (Wildman–Crippen LogP) is 4.56. The second-order valence-electron chi connectivity index (χ2n) is 3.34. The van der Waals surface area contributed by atoms with E-state index in [1.807, 2.05) is 6.07 Å². The SMILES string of the molecule is Clc1ccc(CCNCc2ccc(Br)s2)s1. The van der Waals surface area contributed by atoms with Gasteiger partial charge in [-0.15, -0.1) is 22.7 Å². The summed E-state index contributed by atoms with van der Waals surface area (Å²) in [6.07, 6.45) is 1.05. The Morgan fingerprint density at radius 2 is 1.94 bits per heavy atom. The molecule has 2 rings (SSSR count). The van der Waals surface area contributed by atoms with Crippen molar-refractivity contribution in [2.45, 2.75) is 13.0 Å². The van der Waals surface area contributed by atoms with E-state index in [-0.39, 0.29) is 0 Å². The molecule has 1 N–H and O–H groups in total. The maximum absolute atomic E-state index is 5.87. The lowest BCUT2D eigenvalue weighted by molar-refractivity contribution is 0.697. The quantitative estimate of drug-likeness (QED) is 0.789. The molecule has 0 aliphatic carbocycles. The minimum absolute atomic E-state index is 0.872. The topological polar surface area (TPSA) is 12.0 Å². The van der Waals surface area contributed by atoms with Crippen LogP contribution in [0.4, 0.5) is 0 Å². The molecule has 0 saturated heterocycles. The number of hydrogen-bond donors (Lipinski definition) is 1. The van der Waals surface area contributed by atoms with Crippen LogP contribution in [0.3, 0.4) is 0 Å². The molecule has 2 aromatic rings. The Morgan fingerprint density at radius 1 is 1.12 bits per heavy atom. The lowest BCUT2D eigenvalue weighted by atomic mass is 10.3. The Morgan fingerprint density at radius 3 is 2.56 bits per heavy atom. The fourth-order valence-corrected chi connectivity index (χ4v) is 3.90. The third kappa shape index (κ3) is 3.86. The van der Waals surface area contributed by atoms with Crippen molar-refractivity contribution in [2.75, 3.05) is 6.54 Å². The molecule has 2 heterocycles. The Balaban J connectivity index is 1.69. The van der Waals surface area contributed by atoms with Crippen molar-refractivity contribution in [1.82, 2.24) is 5.32 Å². The van der Waals surface area contributed by atoms with Crippen molar-refractivity contribution in [2.24, 2.45) is 0 Å². The minimum Gasteiger partial charge on any atom is -0.311 e. The second-order valence-corrected chi connectivity index (χ2v) is 7.69. The van der Waals surface area contributed by atoms with Gasteiger partial charge in [0.05, 0.1) is 8.12 Å². The average molecular weight is 337 g/mol. The second kappa shape index (κ2) is 6.17. The van der Waals surface area contributed by atoms with Crippen molar-refractivity contribution >= 4 is 50.2 Å². The number of rotatable bonds is 5. The van der Waals surface area contributed by atoms with E-state index in [1.165, 1.54) is 13.5 Å². The molecule has 0 radical (unpaired) electrons. The van der Waals surface area contributed by atoms with Crippen molar-refractivity contribution in [1.29, 1.82) is 0 Å². The van der Waals surface area contributed by atoms with Crippen LogP contribution in [-0.4, -0.2) is 6.54 Å². The van der Waals surface area contributed by atoms with E-state index < -0.39 is 0 Å². The van der Waals surface area contributed by atoms with E-state index in [0.717, 1.165) is 23.8 Å². The molecular weight excluding hydrogens is 326 g/mol. The minimum atomic E-state index is 0.872. The predicted molar refractivity (Wildman–Crippen MR) is 76.8 cm³/mol. The first-order valence-corrected chi connectivity index (χ1v) is 7.73. The zero-order valence-electron chi connectivity index (χ0n) is 8.50. The first-order chi connectivity index (χ1) is 7.74. The van der Waals surface area contributed by atoms with Crippen LogP contribution in [0.2, 0.25) is 4.34 Å². The molecule has 0 atom stereocenters. The molecule has 0 aliphatic heterocycles. The van der Waals surface area contributed by atoms with E-state index in [2.05, 4.69) is 39.4 Å². The third-order valence-corrected chi connectivity index (χ3v) is 5.02. The third-order valence-electron chi connectivity index (χ3n) is 2.11. The Hall–Kier alpha value is 0.130. The molecular formula is C11H11BrClNS2. The van der Waals surface area contributed by atoms with Gasteiger partial charge < -0.3 is 5.32 Å². The van der Waals surface area contributed by atoms with Crippen LogP contribution in [0.25, 0.3) is 0 Å². The van der Waals surface area contributed by atoms with Crippen molar-refractivity contribution in [3.63, 3.8) is 0 Å². The van der Waals surface area contributed by atoms with Crippen LogP contribution >= 0.6 is 50.2 Å². The van der Waals surface area contributed by atoms with E-state index in [4.69, 9.17) is 11.6 Å². The maximum Gasteiger partial charge on any atom is 0.0931 e. The highest BCUT2D eigenvalue weighted by molar-refractivity contribution is 9.11. The summed E-state index contributed by atoms with van der Waals surface area (Å²) in [7, 11) is 0. The van der Waals surface area contributed by atoms with Crippen LogP contribution < -0.4 is 5.32 Å². The first-order valence-electron chi connectivity index (χ1n) is 4.93. The van der Waals surface area contributed by atoms with Gasteiger partial charge >= 0.3 is 0 Å². The van der Waals surface area contributed by atoms with Gasteiger partial charge in [-0.25, -0.2) is 0 Å². The number of nitrogens with one attached hydrogen (secondary N) is 1. The Labute approximate surface area is 117 Å². The van der Waals surface area contributed by atoms with Gasteiger partial charge in [0.15, 0.2) is 0 Å². The fraction of sp³-hybridized carbons (Fsp3) is 0.273. The normalized spacial score (nSPS) is 10.9. The summed E-state index contributed by atoms with van der Waals surface area (Å²) >= 11 is 12.8. The lowest BCUT2D eigenvalue weighted by Gasteiger charge is -2.00. The molecule has 0 fully saturated rings. The molecule has 2 aromatic heterocycles. The van der Waals surface area contributed by atoms with Crippen molar-refractivity contribution in [3.8, 4) is 0 Å². The highest BCUT2D eigenvalue weighted by atomic mass is 79.9. The molecule has 86 valence electrons. The van der Waals surface area contributed by atoms with Gasteiger partial charge in [0.25, 0.3) is 0 Å². The van der Waals surface area contributed by atoms with E-state index in [0.29, 0.717) is 0 Å². The van der Waals surface area contributed by atoms with Gasteiger partial charge in [0, 0.05) is 22.8 Å². The zero-order valence-corrected chi connectivity index (χ0v) is 12.5. The van der Waals surface area contributed by atoms with Crippen LogP contribution in [0.1, 0.15) is 9.75 Å². The first kappa shape index (κ1) is 12.6. The highest BCUT2D eigenvalue weighted by Crippen LogP contribution is 2.22. The van der Waals surface area contributed by atoms with Crippen molar-refractivity contribution < 1.29 is 0 Å². The van der Waals surface area contributed by atoms with Crippen LogP contribution in [0, 0.1) is 0 Å². The summed E-state index contributed by atoms with van der Waals surface area (Å²) in [5.74, 6) is 0. The van der Waals surface area contributed by atoms with Gasteiger partial charge in [-0.1, -0.05) is 11.6 Å². The summed E-state index contributed by atoms with van der Waals surface area (Å²) in [5, 5.41) is 3.43. The summed E-state index contributed by atoms with van der Waals surface area (Å²) in [6, 6.07) is 8.28. The Bertz CT molecular complexity index is 410. The molecule has 5 heteroatoms. The zero-order chi connectivity index (χ0) is 11.4. The van der Waals surface area contributed by atoms with Crippen molar-refractivity contribution in [3.05, 3.63) is 42.1 Å². The monoisotopic (exact) mass is 335 g/mol. The molecule has 0 unspecified atom stereocenters. The standard InChI is InChI=1S/C11H11BrClNS2/c12-10-3-1-9(15-10)7-14-6-5-8-2-4-11(13)16-8/h1-4,14H,5-7H2. The van der Waals surface area contributed by atoms with Crippen LogP contribution in [0.15, 0.2) is 28.1 Å². The fourth-order valence-electron chi connectivity index (χ4n) is 1.36. The number of thiophene rings is 2. The largest absolute Gasteiger partial charge is 0.311 e. The molecule has 0 aliphatic rings. The van der Waals surface area contributed by atoms with Gasteiger partial charge in [-0.3, -0.25) is 0 Å². The van der Waals surface area contributed by atoms with Gasteiger partial charge in [0.1, 0.15) is 0 Å². The number of halogens is 2. The van der Waals surface area contributed by atoms with Crippen LogP contribution in [-0.2, 0) is 13.0 Å². The summed E-state index contributed by atoms with van der Waals surface area (Å²) in [6.45, 7) is 1.93. The van der Waals surface area contributed by atoms with Crippen LogP contribution in [0.5, 0.6) is 0 Å². The molecule has 1 nitrogen and oxygen atoms in total. The van der Waals surface area contributed by atoms with Gasteiger partial charge in [-0.05, 0) is 46.6 Å². The maximum atomic E-state index is 5.87. The molecule has 0 spiro atoms. The summed E-state index contributed by atoms with van der Waals surface area (Å²) in [4.78, 5) is 2.70. The highest BCUT2D eigenvalue weighted by Gasteiger charge is 1.99. The van der Waals surface area contributed by atoms with E-state index in [1.54, 1.807) is 22.7 Å².